The van der Waals surface area contributed by atoms with Gasteiger partial charge in [0.25, 0.3) is 5.91 Å². The zero-order valence-electron chi connectivity index (χ0n) is 15.0. The Balaban J connectivity index is 0.00000261. The number of amides is 1. The number of carbonyl (C=O) groups excluding carboxylic acids is 1. The van der Waals surface area contributed by atoms with Crippen LogP contribution in [0.4, 0.5) is 8.78 Å². The molecule has 1 aromatic heterocycles. The van der Waals surface area contributed by atoms with Gasteiger partial charge in [0.1, 0.15) is 5.75 Å². The summed E-state index contributed by atoms with van der Waals surface area (Å²) in [5.41, 5.74) is 0.877. The molecule has 8 heteroatoms. The van der Waals surface area contributed by atoms with E-state index in [9.17, 15) is 13.6 Å². The van der Waals surface area contributed by atoms with Gasteiger partial charge in [0, 0.05) is 18.0 Å². The fourth-order valence-electron chi connectivity index (χ4n) is 3.27. The standard InChI is InChI=1S/C19H22F2N2O2S.ClH/c1-22-11-13-3-2-10-23(12-13)18(24)17-9-8-16(26-17)14-4-6-15(7-5-14)25-19(20)21;/h4-9,13,19,22H,2-3,10-12H2,1H3;1H. The van der Waals surface area contributed by atoms with E-state index in [0.29, 0.717) is 10.8 Å². The third-order valence-electron chi connectivity index (χ3n) is 4.48. The third kappa shape index (κ3) is 5.64. The molecule has 1 atom stereocenters. The molecule has 3 rings (SSSR count). The van der Waals surface area contributed by atoms with Crippen molar-refractivity contribution in [2.24, 2.45) is 5.92 Å². The third-order valence-corrected chi connectivity index (χ3v) is 5.60. The van der Waals surface area contributed by atoms with E-state index >= 15 is 0 Å². The lowest BCUT2D eigenvalue weighted by Gasteiger charge is -2.32. The van der Waals surface area contributed by atoms with Crippen molar-refractivity contribution >= 4 is 29.7 Å². The minimum Gasteiger partial charge on any atom is -0.435 e. The van der Waals surface area contributed by atoms with Crippen molar-refractivity contribution in [3.8, 4) is 16.2 Å². The summed E-state index contributed by atoms with van der Waals surface area (Å²) >= 11 is 1.43. The summed E-state index contributed by atoms with van der Waals surface area (Å²) in [5, 5.41) is 3.19. The maximum Gasteiger partial charge on any atom is 0.387 e. The van der Waals surface area contributed by atoms with Crippen LogP contribution in [0.3, 0.4) is 0 Å². The Labute approximate surface area is 167 Å². The number of ether oxygens (including phenoxy) is 1. The van der Waals surface area contributed by atoms with Gasteiger partial charge in [-0.2, -0.15) is 8.78 Å². The minimum atomic E-state index is -2.83. The summed E-state index contributed by atoms with van der Waals surface area (Å²) in [6.07, 6.45) is 2.18. The van der Waals surface area contributed by atoms with Gasteiger partial charge in [-0.25, -0.2) is 0 Å². The number of hydrogen-bond acceptors (Lipinski definition) is 4. The fraction of sp³-hybridized carbons (Fsp3) is 0.421. The first kappa shape index (κ1) is 21.6. The topological polar surface area (TPSA) is 41.6 Å². The van der Waals surface area contributed by atoms with Crippen molar-refractivity contribution in [2.75, 3.05) is 26.7 Å². The molecule has 0 bridgehead atoms. The van der Waals surface area contributed by atoms with Crippen molar-refractivity contribution in [1.29, 1.82) is 0 Å². The number of carbonyl (C=O) groups is 1. The summed E-state index contributed by atoms with van der Waals surface area (Å²) in [6, 6.07) is 10.2. The molecule has 0 radical (unpaired) electrons. The molecular weight excluding hydrogens is 394 g/mol. The van der Waals surface area contributed by atoms with Crippen molar-refractivity contribution in [2.45, 2.75) is 19.5 Å². The smallest absolute Gasteiger partial charge is 0.387 e. The van der Waals surface area contributed by atoms with Crippen LogP contribution < -0.4 is 10.1 Å². The second-order valence-electron chi connectivity index (χ2n) is 6.38. The lowest BCUT2D eigenvalue weighted by molar-refractivity contribution is -0.0498. The van der Waals surface area contributed by atoms with Crippen LogP contribution in [-0.2, 0) is 0 Å². The number of halogens is 3. The molecule has 0 spiro atoms. The number of hydrogen-bond donors (Lipinski definition) is 1. The van der Waals surface area contributed by atoms with Crippen LogP contribution in [0.25, 0.3) is 10.4 Å². The van der Waals surface area contributed by atoms with Gasteiger partial charge in [0.2, 0.25) is 0 Å². The van der Waals surface area contributed by atoms with Gasteiger partial charge < -0.3 is 15.0 Å². The normalized spacial score (nSPS) is 16.9. The summed E-state index contributed by atoms with van der Waals surface area (Å²) in [7, 11) is 1.93. The van der Waals surface area contributed by atoms with Gasteiger partial charge >= 0.3 is 6.61 Å². The SMILES string of the molecule is CNCC1CCCN(C(=O)c2ccc(-c3ccc(OC(F)F)cc3)s2)C1.Cl. The Morgan fingerprint density at radius 3 is 2.70 bits per heavy atom. The summed E-state index contributed by atoms with van der Waals surface area (Å²) in [6.45, 7) is -0.325. The van der Waals surface area contributed by atoms with E-state index in [0.717, 1.165) is 42.9 Å². The molecule has 0 aliphatic carbocycles. The maximum atomic E-state index is 12.8. The van der Waals surface area contributed by atoms with Crippen LogP contribution in [-0.4, -0.2) is 44.1 Å². The lowest BCUT2D eigenvalue weighted by Crippen LogP contribution is -2.42. The molecule has 1 saturated heterocycles. The number of likely N-dealkylation sites (tertiary alicyclic amines) is 1. The molecule has 0 saturated carbocycles. The molecule has 2 heterocycles. The van der Waals surface area contributed by atoms with Gasteiger partial charge in [-0.15, -0.1) is 23.7 Å². The van der Waals surface area contributed by atoms with E-state index in [1.54, 1.807) is 12.1 Å². The maximum absolute atomic E-state index is 12.8. The Kier molecular flexibility index (Phi) is 8.01. The first-order chi connectivity index (χ1) is 12.6. The summed E-state index contributed by atoms with van der Waals surface area (Å²) in [4.78, 5) is 16.4. The quantitative estimate of drug-likeness (QED) is 0.753. The molecule has 148 valence electrons. The van der Waals surface area contributed by atoms with Gasteiger partial charge in [0.15, 0.2) is 0 Å². The molecule has 1 unspecified atom stereocenters. The lowest BCUT2D eigenvalue weighted by atomic mass is 9.98. The number of benzene rings is 1. The number of piperidine rings is 1. The Morgan fingerprint density at radius 1 is 1.30 bits per heavy atom. The minimum absolute atomic E-state index is 0. The molecule has 4 nitrogen and oxygen atoms in total. The molecule has 1 aliphatic rings. The number of nitrogens with one attached hydrogen (secondary N) is 1. The first-order valence-electron chi connectivity index (χ1n) is 8.66. The monoisotopic (exact) mass is 416 g/mol. The molecule has 2 aromatic rings. The second kappa shape index (κ2) is 10.0. The van der Waals surface area contributed by atoms with Crippen LogP contribution in [0.5, 0.6) is 5.75 Å². The number of alkyl halides is 2. The highest BCUT2D eigenvalue weighted by Gasteiger charge is 2.25. The predicted molar refractivity (Wildman–Crippen MR) is 106 cm³/mol. The van der Waals surface area contributed by atoms with Crippen LogP contribution in [0.2, 0.25) is 0 Å². The molecule has 1 aromatic carbocycles. The average molecular weight is 417 g/mol. The highest BCUT2D eigenvalue weighted by atomic mass is 35.5. The van der Waals surface area contributed by atoms with Crippen LogP contribution >= 0.6 is 23.7 Å². The van der Waals surface area contributed by atoms with Crippen molar-refractivity contribution in [1.82, 2.24) is 10.2 Å². The molecule has 1 aliphatic heterocycles. The Bertz CT molecular complexity index is 738. The molecule has 27 heavy (non-hydrogen) atoms. The largest absolute Gasteiger partial charge is 0.435 e. The fourth-order valence-corrected chi connectivity index (χ4v) is 4.25. The first-order valence-corrected chi connectivity index (χ1v) is 9.47. The van der Waals surface area contributed by atoms with Gasteiger partial charge in [-0.05, 0) is 74.3 Å². The van der Waals surface area contributed by atoms with Crippen LogP contribution in [0, 0.1) is 5.92 Å². The van der Waals surface area contributed by atoms with Crippen LogP contribution in [0.1, 0.15) is 22.5 Å². The van der Waals surface area contributed by atoms with E-state index < -0.39 is 6.61 Å². The predicted octanol–water partition coefficient (Wildman–Crippen LogP) is 4.51. The molecule has 1 fully saturated rings. The molecular formula is C19H23ClF2N2O2S. The van der Waals surface area contributed by atoms with Gasteiger partial charge in [-0.3, -0.25) is 4.79 Å². The van der Waals surface area contributed by atoms with E-state index in [1.165, 1.54) is 23.5 Å². The Morgan fingerprint density at radius 2 is 2.04 bits per heavy atom. The van der Waals surface area contributed by atoms with E-state index in [2.05, 4.69) is 10.1 Å². The van der Waals surface area contributed by atoms with E-state index in [4.69, 9.17) is 0 Å². The number of thiophene rings is 1. The van der Waals surface area contributed by atoms with Gasteiger partial charge in [0.05, 0.1) is 4.88 Å². The number of rotatable bonds is 6. The Hall–Kier alpha value is -1.70. The molecule has 1 amide bonds. The van der Waals surface area contributed by atoms with Crippen LogP contribution in [0.15, 0.2) is 36.4 Å². The van der Waals surface area contributed by atoms with E-state index in [-0.39, 0.29) is 24.1 Å². The highest BCUT2D eigenvalue weighted by Crippen LogP contribution is 2.31. The zero-order valence-corrected chi connectivity index (χ0v) is 16.6. The summed E-state index contributed by atoms with van der Waals surface area (Å²) < 4.78 is 28.8. The van der Waals surface area contributed by atoms with Crippen molar-refractivity contribution < 1.29 is 18.3 Å². The second-order valence-corrected chi connectivity index (χ2v) is 7.47. The van der Waals surface area contributed by atoms with E-state index in [1.807, 2.05) is 24.1 Å². The zero-order chi connectivity index (χ0) is 18.5. The molecule has 1 N–H and O–H groups in total. The highest BCUT2D eigenvalue weighted by molar-refractivity contribution is 7.17. The van der Waals surface area contributed by atoms with Gasteiger partial charge in [-0.1, -0.05) is 0 Å². The summed E-state index contributed by atoms with van der Waals surface area (Å²) in [5.74, 6) is 0.694. The average Bonchev–Trinajstić information content (AvgIpc) is 3.12. The number of nitrogens with zero attached hydrogens (tertiary/aromatic N) is 1. The van der Waals surface area contributed by atoms with Crippen molar-refractivity contribution in [3.63, 3.8) is 0 Å². The van der Waals surface area contributed by atoms with Crippen molar-refractivity contribution in [3.05, 3.63) is 41.3 Å².